The molecule has 0 saturated carbocycles. The van der Waals surface area contributed by atoms with Gasteiger partial charge in [0.05, 0.1) is 13.4 Å². The lowest BCUT2D eigenvalue weighted by Gasteiger charge is -2.07. The van der Waals surface area contributed by atoms with Crippen LogP contribution in [0.2, 0.25) is 0 Å². The highest BCUT2D eigenvalue weighted by Crippen LogP contribution is 2.19. The van der Waals surface area contributed by atoms with Gasteiger partial charge >= 0.3 is 5.97 Å². The number of aromatic nitrogens is 2. The molecule has 0 aliphatic heterocycles. The molecule has 0 unspecified atom stereocenters. The van der Waals surface area contributed by atoms with Crippen molar-refractivity contribution >= 4 is 5.97 Å². The number of aryl methyl sites for hydroxylation is 2. The topological polar surface area (TPSA) is 75.2 Å². The number of methoxy groups -OCH3 is 1. The number of hydrogen-bond acceptors (Lipinski definition) is 3. The minimum atomic E-state index is -1.01. The first-order valence-electron chi connectivity index (χ1n) is 5.60. The molecule has 0 fully saturated rings. The molecule has 0 aliphatic carbocycles. The molecule has 18 heavy (non-hydrogen) atoms. The van der Waals surface area contributed by atoms with E-state index in [-0.39, 0.29) is 5.69 Å². The van der Waals surface area contributed by atoms with Crippen molar-refractivity contribution in [3.8, 4) is 5.75 Å². The summed E-state index contributed by atoms with van der Waals surface area (Å²) < 4.78 is 5.25. The first-order valence-corrected chi connectivity index (χ1v) is 5.60. The number of hydrogen-bond donors (Lipinski definition) is 2. The zero-order valence-electron chi connectivity index (χ0n) is 10.0. The minimum Gasteiger partial charge on any atom is -0.496 e. The lowest BCUT2D eigenvalue weighted by atomic mass is 10.1. The Bertz CT molecular complexity index is 549. The second-order valence-electron chi connectivity index (χ2n) is 3.85. The molecule has 2 aromatic rings. The van der Waals surface area contributed by atoms with Crippen LogP contribution in [0.1, 0.15) is 21.7 Å². The number of carboxylic acids is 1. The van der Waals surface area contributed by atoms with E-state index in [4.69, 9.17) is 9.84 Å². The van der Waals surface area contributed by atoms with E-state index in [1.165, 1.54) is 6.33 Å². The molecule has 0 bridgehead atoms. The fraction of sp³-hybridized carbons (Fsp3) is 0.231. The first-order chi connectivity index (χ1) is 8.72. The number of aromatic amines is 1. The molecule has 94 valence electrons. The summed E-state index contributed by atoms with van der Waals surface area (Å²) in [5.74, 6) is -0.194. The van der Waals surface area contributed by atoms with Crippen LogP contribution < -0.4 is 4.74 Å². The van der Waals surface area contributed by atoms with Crippen LogP contribution >= 0.6 is 0 Å². The van der Waals surface area contributed by atoms with Crippen LogP contribution in [0.3, 0.4) is 0 Å². The van der Waals surface area contributed by atoms with Crippen LogP contribution in [0.5, 0.6) is 5.75 Å². The van der Waals surface area contributed by atoms with Gasteiger partial charge in [0.2, 0.25) is 0 Å². The molecule has 5 heteroatoms. The van der Waals surface area contributed by atoms with Crippen LogP contribution in [0.15, 0.2) is 30.6 Å². The molecule has 0 saturated heterocycles. The van der Waals surface area contributed by atoms with Gasteiger partial charge in [-0.25, -0.2) is 9.78 Å². The Kier molecular flexibility index (Phi) is 3.62. The van der Waals surface area contributed by atoms with Crippen molar-refractivity contribution in [1.29, 1.82) is 0 Å². The fourth-order valence-electron chi connectivity index (χ4n) is 1.87. The average molecular weight is 246 g/mol. The van der Waals surface area contributed by atoms with Gasteiger partial charge in [-0.3, -0.25) is 0 Å². The van der Waals surface area contributed by atoms with Gasteiger partial charge in [0.15, 0.2) is 5.69 Å². The highest BCUT2D eigenvalue weighted by molar-refractivity contribution is 5.86. The van der Waals surface area contributed by atoms with Crippen molar-refractivity contribution in [1.82, 2.24) is 9.97 Å². The van der Waals surface area contributed by atoms with Gasteiger partial charge in [-0.05, 0) is 24.5 Å². The zero-order valence-corrected chi connectivity index (χ0v) is 10.0. The van der Waals surface area contributed by atoms with Crippen molar-refractivity contribution in [2.75, 3.05) is 7.11 Å². The van der Waals surface area contributed by atoms with E-state index in [9.17, 15) is 4.79 Å². The number of carbonyl (C=O) groups is 1. The minimum absolute atomic E-state index is 0.0879. The van der Waals surface area contributed by atoms with E-state index in [0.29, 0.717) is 18.5 Å². The number of nitrogens with zero attached hydrogens (tertiary/aromatic N) is 1. The lowest BCUT2D eigenvalue weighted by molar-refractivity contribution is 0.0690. The number of imidazole rings is 1. The van der Waals surface area contributed by atoms with E-state index in [0.717, 1.165) is 11.3 Å². The van der Waals surface area contributed by atoms with Gasteiger partial charge in [0.1, 0.15) is 5.75 Å². The summed E-state index contributed by atoms with van der Waals surface area (Å²) in [5, 5.41) is 8.95. The summed E-state index contributed by atoms with van der Waals surface area (Å²) in [5.41, 5.74) is 1.77. The second kappa shape index (κ2) is 5.35. The monoisotopic (exact) mass is 246 g/mol. The Morgan fingerprint density at radius 3 is 2.89 bits per heavy atom. The quantitative estimate of drug-likeness (QED) is 0.844. The molecule has 1 aromatic heterocycles. The van der Waals surface area contributed by atoms with Crippen LogP contribution in [-0.4, -0.2) is 28.2 Å². The molecular weight excluding hydrogens is 232 g/mol. The second-order valence-corrected chi connectivity index (χ2v) is 3.85. The molecule has 2 N–H and O–H groups in total. The van der Waals surface area contributed by atoms with Gasteiger partial charge in [0, 0.05) is 5.69 Å². The third kappa shape index (κ3) is 2.51. The molecule has 5 nitrogen and oxygen atoms in total. The molecule has 0 aliphatic rings. The molecule has 0 spiro atoms. The van der Waals surface area contributed by atoms with Crippen LogP contribution in [0.25, 0.3) is 0 Å². The summed E-state index contributed by atoms with van der Waals surface area (Å²) in [6, 6.07) is 7.69. The highest BCUT2D eigenvalue weighted by Gasteiger charge is 2.13. The Labute approximate surface area is 104 Å². The Balaban J connectivity index is 2.11. The molecule has 0 radical (unpaired) electrons. The average Bonchev–Trinajstić information content (AvgIpc) is 2.85. The number of para-hydroxylation sites is 1. The maximum atomic E-state index is 10.9. The Hall–Kier alpha value is -2.30. The largest absolute Gasteiger partial charge is 0.496 e. The van der Waals surface area contributed by atoms with Gasteiger partial charge in [-0.15, -0.1) is 0 Å². The predicted octanol–water partition coefficient (Wildman–Crippen LogP) is 1.90. The number of ether oxygens (including phenoxy) is 1. The normalized spacial score (nSPS) is 10.3. The fourth-order valence-corrected chi connectivity index (χ4v) is 1.87. The smallest absolute Gasteiger partial charge is 0.356 e. The van der Waals surface area contributed by atoms with Gasteiger partial charge in [0.25, 0.3) is 0 Å². The summed E-state index contributed by atoms with van der Waals surface area (Å²) >= 11 is 0. The number of rotatable bonds is 5. The van der Waals surface area contributed by atoms with Crippen molar-refractivity contribution in [3.63, 3.8) is 0 Å². The highest BCUT2D eigenvalue weighted by atomic mass is 16.5. The Morgan fingerprint density at radius 1 is 1.39 bits per heavy atom. The van der Waals surface area contributed by atoms with E-state index in [1.54, 1.807) is 7.11 Å². The van der Waals surface area contributed by atoms with Crippen LogP contribution in [0, 0.1) is 0 Å². The summed E-state index contributed by atoms with van der Waals surface area (Å²) in [6.45, 7) is 0. The maximum Gasteiger partial charge on any atom is 0.356 e. The summed E-state index contributed by atoms with van der Waals surface area (Å²) in [7, 11) is 1.62. The van der Waals surface area contributed by atoms with Crippen LogP contribution in [-0.2, 0) is 12.8 Å². The van der Waals surface area contributed by atoms with E-state index < -0.39 is 5.97 Å². The molecule has 1 aromatic carbocycles. The number of carboxylic acid groups (broad SMARTS) is 1. The van der Waals surface area contributed by atoms with Gasteiger partial charge in [-0.2, -0.15) is 0 Å². The van der Waals surface area contributed by atoms with E-state index >= 15 is 0 Å². The first kappa shape index (κ1) is 12.2. The van der Waals surface area contributed by atoms with Gasteiger partial charge in [-0.1, -0.05) is 18.2 Å². The SMILES string of the molecule is COc1ccccc1CCc1[nH]cnc1C(=O)O. The number of nitrogens with one attached hydrogen (secondary N) is 1. The molecule has 1 heterocycles. The third-order valence-corrected chi connectivity index (χ3v) is 2.76. The standard InChI is InChI=1S/C13H14N2O3/c1-18-11-5-3-2-4-9(11)6-7-10-12(13(16)17)15-8-14-10/h2-5,8H,6-7H2,1H3,(H,14,15)(H,16,17). The Morgan fingerprint density at radius 2 is 2.17 bits per heavy atom. The van der Waals surface area contributed by atoms with E-state index in [2.05, 4.69) is 9.97 Å². The maximum absolute atomic E-state index is 10.9. The van der Waals surface area contributed by atoms with Crippen molar-refractivity contribution in [2.24, 2.45) is 0 Å². The zero-order chi connectivity index (χ0) is 13.0. The third-order valence-electron chi connectivity index (χ3n) is 2.76. The molecular formula is C13H14N2O3. The summed E-state index contributed by atoms with van der Waals surface area (Å²) in [4.78, 5) is 17.6. The van der Waals surface area contributed by atoms with Gasteiger partial charge < -0.3 is 14.8 Å². The molecule has 0 amide bonds. The number of H-pyrrole nitrogens is 1. The number of aromatic carboxylic acids is 1. The predicted molar refractivity (Wildman–Crippen MR) is 65.9 cm³/mol. The van der Waals surface area contributed by atoms with Crippen molar-refractivity contribution < 1.29 is 14.6 Å². The summed E-state index contributed by atoms with van der Waals surface area (Å²) in [6.07, 6.45) is 2.69. The van der Waals surface area contributed by atoms with Crippen LogP contribution in [0.4, 0.5) is 0 Å². The lowest BCUT2D eigenvalue weighted by Crippen LogP contribution is -2.04. The molecule has 2 rings (SSSR count). The van der Waals surface area contributed by atoms with Crippen molar-refractivity contribution in [3.05, 3.63) is 47.5 Å². The van der Waals surface area contributed by atoms with Crippen molar-refractivity contribution in [2.45, 2.75) is 12.8 Å². The van der Waals surface area contributed by atoms with E-state index in [1.807, 2.05) is 24.3 Å². The molecule has 0 atom stereocenters. The number of benzene rings is 1.